The Kier molecular flexibility index (Phi) is 1.24. The second-order valence-electron chi connectivity index (χ2n) is 3.23. The molecule has 2 heteroatoms. The summed E-state index contributed by atoms with van der Waals surface area (Å²) in [5, 5.41) is 8.68. The molecule has 2 fully saturated rings. The molecule has 1 aliphatic carbocycles. The van der Waals surface area contributed by atoms with Crippen LogP contribution in [0.5, 0.6) is 0 Å². The molecule has 2 nitrogen and oxygen atoms in total. The normalized spacial score (nSPS) is 30.3. The molecule has 0 unspecified atom stereocenters. The van der Waals surface area contributed by atoms with Crippen LogP contribution < -0.4 is 0 Å². The Labute approximate surface area is 55.5 Å². The predicted molar refractivity (Wildman–Crippen MR) is 35.2 cm³/mol. The van der Waals surface area contributed by atoms with Crippen molar-refractivity contribution in [3.8, 4) is 0 Å². The number of hydrogen-bond acceptors (Lipinski definition) is 2. The van der Waals surface area contributed by atoms with Crippen LogP contribution in [-0.4, -0.2) is 35.7 Å². The average molecular weight is 127 g/mol. The smallest absolute Gasteiger partial charge is 0.0483 e. The first-order valence-electron chi connectivity index (χ1n) is 3.75. The van der Waals surface area contributed by atoms with Gasteiger partial charge in [-0.15, -0.1) is 0 Å². The molecule has 0 bridgehead atoms. The minimum atomic E-state index is 0.392. The van der Waals surface area contributed by atoms with Gasteiger partial charge in [0.15, 0.2) is 0 Å². The fourth-order valence-corrected chi connectivity index (χ4v) is 1.46. The second kappa shape index (κ2) is 1.96. The third-order valence-electron chi connectivity index (χ3n) is 2.31. The summed E-state index contributed by atoms with van der Waals surface area (Å²) in [7, 11) is 0. The molecule has 0 aromatic carbocycles. The lowest BCUT2D eigenvalue weighted by atomic mass is 10.0. The lowest BCUT2D eigenvalue weighted by molar-refractivity contribution is 0.0476. The lowest BCUT2D eigenvalue weighted by Crippen LogP contribution is -2.49. The van der Waals surface area contributed by atoms with E-state index in [2.05, 4.69) is 4.90 Å². The zero-order chi connectivity index (χ0) is 6.27. The fourth-order valence-electron chi connectivity index (χ4n) is 1.46. The summed E-state index contributed by atoms with van der Waals surface area (Å²) < 4.78 is 0. The van der Waals surface area contributed by atoms with E-state index in [4.69, 9.17) is 5.11 Å². The van der Waals surface area contributed by atoms with Crippen LogP contribution in [0.3, 0.4) is 0 Å². The molecule has 2 aliphatic rings. The molecule has 1 aliphatic heterocycles. The van der Waals surface area contributed by atoms with Crippen molar-refractivity contribution in [1.29, 1.82) is 0 Å². The van der Waals surface area contributed by atoms with E-state index in [1.54, 1.807) is 0 Å². The maximum atomic E-state index is 8.68. The molecule has 0 amide bonds. The van der Waals surface area contributed by atoms with Crippen LogP contribution in [0, 0.1) is 5.92 Å². The molecule has 52 valence electrons. The van der Waals surface area contributed by atoms with Crippen molar-refractivity contribution >= 4 is 0 Å². The highest BCUT2D eigenvalue weighted by molar-refractivity contribution is 4.92. The summed E-state index contributed by atoms with van der Waals surface area (Å²) in [6.45, 7) is 2.70. The first-order valence-corrected chi connectivity index (χ1v) is 3.75. The molecule has 0 aromatic heterocycles. The van der Waals surface area contributed by atoms with E-state index in [9.17, 15) is 0 Å². The SMILES string of the molecule is OCC1CN(C2CC2)C1. The molecule has 0 spiro atoms. The zero-order valence-corrected chi connectivity index (χ0v) is 5.58. The number of aliphatic hydroxyl groups is 1. The van der Waals surface area contributed by atoms with Crippen LogP contribution in [0.15, 0.2) is 0 Å². The first kappa shape index (κ1) is 5.69. The summed E-state index contributed by atoms with van der Waals surface area (Å²) in [5.74, 6) is 0.602. The Morgan fingerprint density at radius 3 is 2.44 bits per heavy atom. The van der Waals surface area contributed by atoms with Crippen LogP contribution in [-0.2, 0) is 0 Å². The van der Waals surface area contributed by atoms with Crippen molar-refractivity contribution in [3.05, 3.63) is 0 Å². The topological polar surface area (TPSA) is 23.5 Å². The van der Waals surface area contributed by atoms with Crippen molar-refractivity contribution in [2.24, 2.45) is 5.92 Å². The predicted octanol–water partition coefficient (Wildman–Crippen LogP) is 0.0729. The van der Waals surface area contributed by atoms with Gasteiger partial charge in [0.2, 0.25) is 0 Å². The van der Waals surface area contributed by atoms with Crippen LogP contribution in [0.2, 0.25) is 0 Å². The van der Waals surface area contributed by atoms with Crippen molar-refractivity contribution in [3.63, 3.8) is 0 Å². The quantitative estimate of drug-likeness (QED) is 0.567. The van der Waals surface area contributed by atoms with Gasteiger partial charge >= 0.3 is 0 Å². The average Bonchev–Trinajstić information content (AvgIpc) is 2.46. The summed E-state index contributed by atoms with van der Waals surface area (Å²) >= 11 is 0. The van der Waals surface area contributed by atoms with E-state index in [1.165, 1.54) is 12.8 Å². The van der Waals surface area contributed by atoms with E-state index < -0.39 is 0 Å². The molecular weight excluding hydrogens is 114 g/mol. The molecule has 0 radical (unpaired) electrons. The van der Waals surface area contributed by atoms with Crippen LogP contribution in [0.1, 0.15) is 12.8 Å². The highest BCUT2D eigenvalue weighted by Crippen LogP contribution is 2.32. The first-order chi connectivity index (χ1) is 4.40. The monoisotopic (exact) mass is 127 g/mol. The fraction of sp³-hybridized carbons (Fsp3) is 1.00. The van der Waals surface area contributed by atoms with E-state index in [-0.39, 0.29) is 0 Å². The van der Waals surface area contributed by atoms with Crippen LogP contribution >= 0.6 is 0 Å². The standard InChI is InChI=1S/C7H13NO/c9-5-6-3-8(4-6)7-1-2-7/h6-7,9H,1-5H2. The molecule has 1 heterocycles. The van der Waals surface area contributed by atoms with Gasteiger partial charge in [0.25, 0.3) is 0 Å². The van der Waals surface area contributed by atoms with Gasteiger partial charge < -0.3 is 5.11 Å². The van der Waals surface area contributed by atoms with Gasteiger partial charge in [-0.1, -0.05) is 0 Å². The number of likely N-dealkylation sites (tertiary alicyclic amines) is 1. The molecule has 1 saturated heterocycles. The van der Waals surface area contributed by atoms with Gasteiger partial charge in [-0.3, -0.25) is 4.90 Å². The summed E-state index contributed by atoms with van der Waals surface area (Å²) in [5.41, 5.74) is 0. The number of aliphatic hydroxyl groups excluding tert-OH is 1. The van der Waals surface area contributed by atoms with E-state index in [1.807, 2.05) is 0 Å². The lowest BCUT2D eigenvalue weighted by Gasteiger charge is -2.38. The van der Waals surface area contributed by atoms with E-state index in [0.717, 1.165) is 19.1 Å². The number of hydrogen-bond donors (Lipinski definition) is 1. The van der Waals surface area contributed by atoms with Gasteiger partial charge in [-0.25, -0.2) is 0 Å². The molecule has 1 N–H and O–H groups in total. The van der Waals surface area contributed by atoms with Gasteiger partial charge in [-0.2, -0.15) is 0 Å². The maximum absolute atomic E-state index is 8.68. The highest BCUT2D eigenvalue weighted by Gasteiger charge is 2.37. The summed E-state index contributed by atoms with van der Waals surface area (Å²) in [6, 6.07) is 0.910. The van der Waals surface area contributed by atoms with Crippen molar-refractivity contribution in [2.45, 2.75) is 18.9 Å². The van der Waals surface area contributed by atoms with E-state index >= 15 is 0 Å². The zero-order valence-electron chi connectivity index (χ0n) is 5.58. The molecule has 0 aromatic rings. The van der Waals surface area contributed by atoms with Gasteiger partial charge in [-0.05, 0) is 12.8 Å². The molecule has 9 heavy (non-hydrogen) atoms. The summed E-state index contributed by atoms with van der Waals surface area (Å²) in [4.78, 5) is 2.47. The molecule has 0 atom stereocenters. The van der Waals surface area contributed by atoms with Crippen molar-refractivity contribution in [2.75, 3.05) is 19.7 Å². The van der Waals surface area contributed by atoms with Crippen molar-refractivity contribution in [1.82, 2.24) is 4.90 Å². The third-order valence-corrected chi connectivity index (χ3v) is 2.31. The minimum Gasteiger partial charge on any atom is -0.396 e. The van der Waals surface area contributed by atoms with E-state index in [0.29, 0.717) is 12.5 Å². The Bertz CT molecular complexity index is 105. The van der Waals surface area contributed by atoms with Crippen LogP contribution in [0.4, 0.5) is 0 Å². The number of nitrogens with zero attached hydrogens (tertiary/aromatic N) is 1. The summed E-state index contributed by atoms with van der Waals surface area (Å²) in [6.07, 6.45) is 2.80. The Balaban J connectivity index is 1.71. The Morgan fingerprint density at radius 1 is 1.33 bits per heavy atom. The molecular formula is C7H13NO. The maximum Gasteiger partial charge on any atom is 0.0483 e. The van der Waals surface area contributed by atoms with Crippen LogP contribution in [0.25, 0.3) is 0 Å². The van der Waals surface area contributed by atoms with Crippen molar-refractivity contribution < 1.29 is 5.11 Å². The van der Waals surface area contributed by atoms with Gasteiger partial charge in [0.05, 0.1) is 0 Å². The third kappa shape index (κ3) is 0.970. The molecule has 2 rings (SSSR count). The molecule has 1 saturated carbocycles. The Morgan fingerprint density at radius 2 is 2.00 bits per heavy atom. The largest absolute Gasteiger partial charge is 0.396 e. The highest BCUT2D eigenvalue weighted by atomic mass is 16.3. The van der Waals surface area contributed by atoms with Gasteiger partial charge in [0.1, 0.15) is 0 Å². The second-order valence-corrected chi connectivity index (χ2v) is 3.23. The minimum absolute atomic E-state index is 0.392. The van der Waals surface area contributed by atoms with Gasteiger partial charge in [0, 0.05) is 31.7 Å². The Hall–Kier alpha value is -0.0800. The number of rotatable bonds is 2.